The zero-order valence-electron chi connectivity index (χ0n) is 8.19. The molecule has 1 aliphatic heterocycles. The Labute approximate surface area is 96.2 Å². The van der Waals surface area contributed by atoms with Crippen molar-refractivity contribution in [3.63, 3.8) is 0 Å². The summed E-state index contributed by atoms with van der Waals surface area (Å²) in [5.41, 5.74) is 1.22. The van der Waals surface area contributed by atoms with E-state index in [0.717, 1.165) is 23.1 Å². The van der Waals surface area contributed by atoms with E-state index in [2.05, 4.69) is 37.7 Å². The maximum atomic E-state index is 5.44. The Kier molecular flexibility index (Phi) is 2.25. The van der Waals surface area contributed by atoms with Crippen molar-refractivity contribution in [2.45, 2.75) is 19.1 Å². The maximum Gasteiger partial charge on any atom is 0.115 e. The van der Waals surface area contributed by atoms with Gasteiger partial charge in [-0.05, 0) is 34.5 Å². The maximum absolute atomic E-state index is 5.44. The van der Waals surface area contributed by atoms with Crippen LogP contribution in [0.15, 0.2) is 29.1 Å². The second kappa shape index (κ2) is 3.61. The van der Waals surface area contributed by atoms with Crippen molar-refractivity contribution in [3.05, 3.63) is 29.1 Å². The molecule has 4 heteroatoms. The quantitative estimate of drug-likeness (QED) is 0.782. The van der Waals surface area contributed by atoms with Crippen molar-refractivity contribution in [1.82, 2.24) is 9.55 Å². The lowest BCUT2D eigenvalue weighted by Crippen LogP contribution is -2.30. The Morgan fingerprint density at radius 3 is 3.13 bits per heavy atom. The van der Waals surface area contributed by atoms with Crippen LogP contribution in [0.3, 0.4) is 0 Å². The molecule has 3 heterocycles. The van der Waals surface area contributed by atoms with Crippen LogP contribution < -0.4 is 0 Å². The van der Waals surface area contributed by atoms with Gasteiger partial charge >= 0.3 is 0 Å². The summed E-state index contributed by atoms with van der Waals surface area (Å²) in [4.78, 5) is 4.21. The smallest absolute Gasteiger partial charge is 0.115 e. The molecule has 0 aromatic carbocycles. The predicted octanol–water partition coefficient (Wildman–Crippen LogP) is 2.59. The van der Waals surface area contributed by atoms with Crippen LogP contribution >= 0.6 is 15.9 Å². The van der Waals surface area contributed by atoms with E-state index in [-0.39, 0.29) is 0 Å². The average Bonchev–Trinajstić information content (AvgIpc) is 2.56. The fourth-order valence-electron chi connectivity index (χ4n) is 1.89. The zero-order chi connectivity index (χ0) is 10.3. The van der Waals surface area contributed by atoms with Gasteiger partial charge in [0.15, 0.2) is 0 Å². The molecule has 1 atom stereocenters. The van der Waals surface area contributed by atoms with Gasteiger partial charge in [-0.3, -0.25) is 0 Å². The number of hydrogen-bond acceptors (Lipinski definition) is 2. The number of hydrogen-bond donors (Lipinski definition) is 0. The number of nitrogens with zero attached hydrogens (tertiary/aromatic N) is 2. The molecule has 1 unspecified atom stereocenters. The molecule has 0 aliphatic carbocycles. The number of pyridine rings is 1. The van der Waals surface area contributed by atoms with Gasteiger partial charge in [-0.1, -0.05) is 0 Å². The molecule has 2 aromatic heterocycles. The van der Waals surface area contributed by atoms with Crippen LogP contribution in [0.4, 0.5) is 0 Å². The summed E-state index contributed by atoms with van der Waals surface area (Å²) in [6.07, 6.45) is 5.49. The van der Waals surface area contributed by atoms with Crippen LogP contribution in [0.25, 0.3) is 10.9 Å². The highest BCUT2D eigenvalue weighted by atomic mass is 79.9. The molecule has 15 heavy (non-hydrogen) atoms. The van der Waals surface area contributed by atoms with Gasteiger partial charge in [0.05, 0.1) is 11.6 Å². The molecule has 1 aliphatic rings. The minimum Gasteiger partial charge on any atom is -0.376 e. The summed E-state index contributed by atoms with van der Waals surface area (Å²) in [6, 6.07) is 4.13. The van der Waals surface area contributed by atoms with Gasteiger partial charge in [-0.25, -0.2) is 4.98 Å². The van der Waals surface area contributed by atoms with Gasteiger partial charge < -0.3 is 9.30 Å². The van der Waals surface area contributed by atoms with Crippen molar-refractivity contribution >= 4 is 26.8 Å². The lowest BCUT2D eigenvalue weighted by molar-refractivity contribution is -0.0586. The Morgan fingerprint density at radius 1 is 1.53 bits per heavy atom. The predicted molar refractivity (Wildman–Crippen MR) is 61.8 cm³/mol. The minimum atomic E-state index is 0.396. The summed E-state index contributed by atoms with van der Waals surface area (Å²) >= 11 is 3.45. The van der Waals surface area contributed by atoms with Crippen LogP contribution in [0, 0.1) is 0 Å². The molecule has 3 rings (SSSR count). The van der Waals surface area contributed by atoms with Gasteiger partial charge in [0.2, 0.25) is 0 Å². The van der Waals surface area contributed by atoms with Crippen LogP contribution in [-0.2, 0) is 11.3 Å². The van der Waals surface area contributed by atoms with E-state index in [4.69, 9.17) is 4.74 Å². The molecule has 1 fully saturated rings. The van der Waals surface area contributed by atoms with Crippen LogP contribution in [0.5, 0.6) is 0 Å². The topological polar surface area (TPSA) is 27.1 Å². The van der Waals surface area contributed by atoms with Crippen molar-refractivity contribution in [1.29, 1.82) is 0 Å². The van der Waals surface area contributed by atoms with E-state index in [1.165, 1.54) is 11.9 Å². The summed E-state index contributed by atoms with van der Waals surface area (Å²) in [7, 11) is 0. The number of ether oxygens (including phenoxy) is 1. The second-order valence-corrected chi connectivity index (χ2v) is 4.54. The van der Waals surface area contributed by atoms with E-state index in [1.807, 2.05) is 12.3 Å². The molecule has 78 valence electrons. The van der Waals surface area contributed by atoms with Gasteiger partial charge in [-0.2, -0.15) is 0 Å². The third kappa shape index (κ3) is 1.58. The van der Waals surface area contributed by atoms with Crippen molar-refractivity contribution < 1.29 is 4.74 Å². The molecule has 0 N–H and O–H groups in total. The van der Waals surface area contributed by atoms with E-state index in [1.54, 1.807) is 0 Å². The summed E-state index contributed by atoms with van der Waals surface area (Å²) in [5, 5.41) is 1.16. The highest BCUT2D eigenvalue weighted by molar-refractivity contribution is 9.10. The number of rotatable bonds is 2. The highest BCUT2D eigenvalue weighted by Crippen LogP contribution is 2.24. The zero-order valence-corrected chi connectivity index (χ0v) is 9.77. The third-order valence-electron chi connectivity index (χ3n) is 2.84. The van der Waals surface area contributed by atoms with E-state index in [0.29, 0.717) is 6.10 Å². The normalized spacial score (nSPS) is 20.5. The third-order valence-corrected chi connectivity index (χ3v) is 3.47. The molecule has 0 radical (unpaired) electrons. The van der Waals surface area contributed by atoms with Crippen molar-refractivity contribution in [3.8, 4) is 0 Å². The number of fused-ring (bicyclic) bond motifs is 1. The van der Waals surface area contributed by atoms with Gasteiger partial charge in [0.25, 0.3) is 0 Å². The molecular formula is C11H11BrN2O. The number of aromatic nitrogens is 2. The monoisotopic (exact) mass is 266 g/mol. The molecule has 0 spiro atoms. The lowest BCUT2D eigenvalue weighted by atomic mass is 10.2. The summed E-state index contributed by atoms with van der Waals surface area (Å²) < 4.78 is 8.57. The molecule has 0 saturated carbocycles. The SMILES string of the molecule is Brc1nccc2c1ccn2CC1CCO1. The fourth-order valence-corrected chi connectivity index (χ4v) is 2.35. The Morgan fingerprint density at radius 2 is 2.40 bits per heavy atom. The average molecular weight is 267 g/mol. The molecule has 1 saturated heterocycles. The first kappa shape index (κ1) is 9.36. The van der Waals surface area contributed by atoms with Crippen LogP contribution in [0.1, 0.15) is 6.42 Å². The fraction of sp³-hybridized carbons (Fsp3) is 0.364. The number of halogens is 1. The molecule has 0 amide bonds. The van der Waals surface area contributed by atoms with Crippen molar-refractivity contribution in [2.75, 3.05) is 6.61 Å². The standard InChI is InChI=1S/C11H11BrN2O/c12-11-9-2-5-14(7-8-3-6-15-8)10(9)1-4-13-11/h1-2,4-5,8H,3,6-7H2. The molecule has 0 bridgehead atoms. The first-order valence-electron chi connectivity index (χ1n) is 5.05. The van der Waals surface area contributed by atoms with Crippen molar-refractivity contribution in [2.24, 2.45) is 0 Å². The molecule has 2 aromatic rings. The van der Waals surface area contributed by atoms with Crippen LogP contribution in [-0.4, -0.2) is 22.3 Å². The largest absolute Gasteiger partial charge is 0.376 e. The minimum absolute atomic E-state index is 0.396. The second-order valence-electron chi connectivity index (χ2n) is 3.78. The first-order valence-corrected chi connectivity index (χ1v) is 5.85. The summed E-state index contributed by atoms with van der Waals surface area (Å²) in [6.45, 7) is 1.86. The molecular weight excluding hydrogens is 256 g/mol. The molecule has 3 nitrogen and oxygen atoms in total. The first-order chi connectivity index (χ1) is 7.34. The lowest BCUT2D eigenvalue weighted by Gasteiger charge is -2.27. The van der Waals surface area contributed by atoms with Gasteiger partial charge in [0, 0.05) is 30.9 Å². The Bertz CT molecular complexity index is 490. The van der Waals surface area contributed by atoms with Crippen LogP contribution in [0.2, 0.25) is 0 Å². The summed E-state index contributed by atoms with van der Waals surface area (Å²) in [5.74, 6) is 0. The van der Waals surface area contributed by atoms with E-state index < -0.39 is 0 Å². The van der Waals surface area contributed by atoms with Gasteiger partial charge in [0.1, 0.15) is 4.60 Å². The van der Waals surface area contributed by atoms with E-state index in [9.17, 15) is 0 Å². The highest BCUT2D eigenvalue weighted by Gasteiger charge is 2.19. The van der Waals surface area contributed by atoms with E-state index >= 15 is 0 Å². The Balaban J connectivity index is 2.00. The Hall–Kier alpha value is -0.870. The van der Waals surface area contributed by atoms with Gasteiger partial charge in [-0.15, -0.1) is 0 Å².